The van der Waals surface area contributed by atoms with Crippen LogP contribution < -0.4 is 9.62 Å². The number of sulfonamides is 1. The quantitative estimate of drug-likeness (QED) is 0.260. The third kappa shape index (κ3) is 8.23. The van der Waals surface area contributed by atoms with E-state index in [1.807, 2.05) is 6.92 Å². The first-order valence-corrected chi connectivity index (χ1v) is 14.7. The van der Waals surface area contributed by atoms with Crippen molar-refractivity contribution in [3.05, 3.63) is 95.0 Å². The molecule has 0 aliphatic rings. The average molecular weight is 610 g/mol. The Kier molecular flexibility index (Phi) is 10.8. The van der Waals surface area contributed by atoms with Crippen LogP contribution in [0.3, 0.4) is 0 Å². The standard InChI is InChI=1S/C29H31ClF3N3O4S/c1-3-4-17-34-28(38)21(2)35(19-22-11-8-9-16-26(22)30)27(37)20-36(41(39,40)25-14-6-5-7-15-25)24-13-10-12-23(18-24)29(31,32)33/h5-16,18,21H,3-4,17,19-20H2,1-2H3,(H,34,38). The topological polar surface area (TPSA) is 86.8 Å². The van der Waals surface area contributed by atoms with Crippen molar-refractivity contribution in [2.75, 3.05) is 17.4 Å². The highest BCUT2D eigenvalue weighted by atomic mass is 35.5. The summed E-state index contributed by atoms with van der Waals surface area (Å²) >= 11 is 6.32. The fourth-order valence-electron chi connectivity index (χ4n) is 4.01. The lowest BCUT2D eigenvalue weighted by Gasteiger charge is -2.32. The zero-order valence-corrected chi connectivity index (χ0v) is 24.1. The molecular weight excluding hydrogens is 579 g/mol. The molecule has 3 aromatic carbocycles. The van der Waals surface area contributed by atoms with Crippen LogP contribution in [0.4, 0.5) is 18.9 Å². The number of halogens is 4. The van der Waals surface area contributed by atoms with E-state index in [1.54, 1.807) is 30.3 Å². The van der Waals surface area contributed by atoms with Crippen LogP contribution in [-0.2, 0) is 32.3 Å². The van der Waals surface area contributed by atoms with Crippen molar-refractivity contribution in [1.82, 2.24) is 10.2 Å². The molecule has 7 nitrogen and oxygen atoms in total. The van der Waals surface area contributed by atoms with Crippen molar-refractivity contribution in [3.63, 3.8) is 0 Å². The molecule has 3 rings (SSSR count). The van der Waals surface area contributed by atoms with E-state index < -0.39 is 46.2 Å². The van der Waals surface area contributed by atoms with Crippen LogP contribution in [0.25, 0.3) is 0 Å². The van der Waals surface area contributed by atoms with Gasteiger partial charge in [0.2, 0.25) is 11.8 Å². The molecule has 0 fully saturated rings. The second-order valence-electron chi connectivity index (χ2n) is 9.31. The van der Waals surface area contributed by atoms with Gasteiger partial charge in [0.25, 0.3) is 10.0 Å². The minimum absolute atomic E-state index is 0.136. The van der Waals surface area contributed by atoms with Gasteiger partial charge < -0.3 is 10.2 Å². The second kappa shape index (κ2) is 13.9. The Morgan fingerprint density at radius 2 is 1.63 bits per heavy atom. The first-order valence-electron chi connectivity index (χ1n) is 12.9. The summed E-state index contributed by atoms with van der Waals surface area (Å²) in [5.74, 6) is -1.27. The number of alkyl halides is 3. The Balaban J connectivity index is 2.06. The van der Waals surface area contributed by atoms with E-state index >= 15 is 0 Å². The lowest BCUT2D eigenvalue weighted by Crippen LogP contribution is -2.51. The third-order valence-electron chi connectivity index (χ3n) is 6.37. The number of rotatable bonds is 12. The first kappa shape index (κ1) is 32.0. The number of nitrogens with zero attached hydrogens (tertiary/aromatic N) is 2. The van der Waals surface area contributed by atoms with Gasteiger partial charge in [0.15, 0.2) is 0 Å². The predicted octanol–water partition coefficient (Wildman–Crippen LogP) is 5.89. The van der Waals surface area contributed by atoms with Gasteiger partial charge in [0.1, 0.15) is 12.6 Å². The zero-order chi connectivity index (χ0) is 30.2. The molecule has 0 bridgehead atoms. The van der Waals surface area contributed by atoms with Gasteiger partial charge in [-0.1, -0.05) is 67.4 Å². The maximum Gasteiger partial charge on any atom is 0.416 e. The maximum absolute atomic E-state index is 13.9. The Morgan fingerprint density at radius 3 is 2.27 bits per heavy atom. The first-order chi connectivity index (χ1) is 19.4. The van der Waals surface area contributed by atoms with Crippen molar-refractivity contribution in [2.45, 2.75) is 50.3 Å². The van der Waals surface area contributed by atoms with E-state index in [-0.39, 0.29) is 17.1 Å². The number of unbranched alkanes of at least 4 members (excludes halogenated alkanes) is 1. The van der Waals surface area contributed by atoms with Crippen molar-refractivity contribution in [2.24, 2.45) is 0 Å². The SMILES string of the molecule is CCCCNC(=O)C(C)N(Cc1ccccc1Cl)C(=O)CN(c1cccc(C(F)(F)F)c1)S(=O)(=O)c1ccccc1. The van der Waals surface area contributed by atoms with Gasteiger partial charge in [0, 0.05) is 18.1 Å². The Hall–Kier alpha value is -3.57. The lowest BCUT2D eigenvalue weighted by molar-refractivity contribution is -0.139. The van der Waals surface area contributed by atoms with E-state index in [9.17, 15) is 31.2 Å². The highest BCUT2D eigenvalue weighted by Gasteiger charge is 2.35. The number of carbonyl (C=O) groups excluding carboxylic acids is 2. The van der Waals surface area contributed by atoms with Crippen LogP contribution >= 0.6 is 11.6 Å². The molecule has 2 amide bonds. The number of hydrogen-bond donors (Lipinski definition) is 1. The molecule has 3 aromatic rings. The lowest BCUT2D eigenvalue weighted by atomic mass is 10.1. The van der Waals surface area contributed by atoms with Gasteiger partial charge in [-0.15, -0.1) is 0 Å². The third-order valence-corrected chi connectivity index (χ3v) is 8.52. The number of benzene rings is 3. The molecule has 0 aliphatic carbocycles. The minimum Gasteiger partial charge on any atom is -0.354 e. The van der Waals surface area contributed by atoms with Crippen LogP contribution in [0.5, 0.6) is 0 Å². The average Bonchev–Trinajstić information content (AvgIpc) is 2.95. The maximum atomic E-state index is 13.9. The molecule has 0 heterocycles. The van der Waals surface area contributed by atoms with Crippen molar-refractivity contribution in [3.8, 4) is 0 Å². The molecule has 0 aliphatic heterocycles. The summed E-state index contributed by atoms with van der Waals surface area (Å²) < 4.78 is 68.7. The van der Waals surface area contributed by atoms with E-state index in [0.717, 1.165) is 25.0 Å². The van der Waals surface area contributed by atoms with Crippen molar-refractivity contribution in [1.29, 1.82) is 0 Å². The molecule has 1 unspecified atom stereocenters. The molecule has 0 aromatic heterocycles. The monoisotopic (exact) mass is 609 g/mol. The number of amides is 2. The van der Waals surface area contributed by atoms with Gasteiger partial charge >= 0.3 is 6.18 Å². The zero-order valence-electron chi connectivity index (χ0n) is 22.6. The normalized spacial score (nSPS) is 12.4. The predicted molar refractivity (Wildman–Crippen MR) is 152 cm³/mol. The summed E-state index contributed by atoms with van der Waals surface area (Å²) in [6, 6.07) is 16.4. The van der Waals surface area contributed by atoms with Gasteiger partial charge in [-0.3, -0.25) is 13.9 Å². The summed E-state index contributed by atoms with van der Waals surface area (Å²) in [5, 5.41) is 3.09. The van der Waals surface area contributed by atoms with Crippen LogP contribution in [0.1, 0.15) is 37.8 Å². The highest BCUT2D eigenvalue weighted by molar-refractivity contribution is 7.92. The summed E-state index contributed by atoms with van der Waals surface area (Å²) in [5.41, 5.74) is -0.922. The van der Waals surface area contributed by atoms with E-state index in [2.05, 4.69) is 5.32 Å². The van der Waals surface area contributed by atoms with Crippen LogP contribution in [0.2, 0.25) is 5.02 Å². The van der Waals surface area contributed by atoms with Crippen molar-refractivity contribution < 1.29 is 31.2 Å². The van der Waals surface area contributed by atoms with E-state index in [1.165, 1.54) is 42.2 Å². The highest BCUT2D eigenvalue weighted by Crippen LogP contribution is 2.33. The molecule has 1 N–H and O–H groups in total. The fourth-order valence-corrected chi connectivity index (χ4v) is 5.64. The molecule has 220 valence electrons. The number of anilines is 1. The van der Waals surface area contributed by atoms with Crippen LogP contribution in [0, 0.1) is 0 Å². The minimum atomic E-state index is -4.75. The van der Waals surface area contributed by atoms with Crippen LogP contribution in [0.15, 0.2) is 83.8 Å². The summed E-state index contributed by atoms with van der Waals surface area (Å²) in [7, 11) is -4.50. The molecular formula is C29H31ClF3N3O4S. The molecule has 41 heavy (non-hydrogen) atoms. The Bertz CT molecular complexity index is 1450. The molecule has 1 atom stereocenters. The second-order valence-corrected chi connectivity index (χ2v) is 11.6. The fraction of sp³-hybridized carbons (Fsp3) is 0.310. The number of hydrogen-bond acceptors (Lipinski definition) is 4. The van der Waals surface area contributed by atoms with Crippen LogP contribution in [-0.4, -0.2) is 44.3 Å². The summed E-state index contributed by atoms with van der Waals surface area (Å²) in [6.07, 6.45) is -3.20. The van der Waals surface area contributed by atoms with Gasteiger partial charge in [-0.2, -0.15) is 13.2 Å². The van der Waals surface area contributed by atoms with Crippen molar-refractivity contribution >= 4 is 39.1 Å². The number of carbonyl (C=O) groups is 2. The molecule has 0 radical (unpaired) electrons. The van der Waals surface area contributed by atoms with E-state index in [0.29, 0.717) is 27.5 Å². The van der Waals surface area contributed by atoms with Gasteiger partial charge in [-0.05, 0) is 55.3 Å². The van der Waals surface area contributed by atoms with Gasteiger partial charge in [0.05, 0.1) is 16.1 Å². The number of nitrogens with one attached hydrogen (secondary N) is 1. The smallest absolute Gasteiger partial charge is 0.354 e. The summed E-state index contributed by atoms with van der Waals surface area (Å²) in [6.45, 7) is 2.83. The van der Waals surface area contributed by atoms with Gasteiger partial charge in [-0.25, -0.2) is 8.42 Å². The van der Waals surface area contributed by atoms with E-state index in [4.69, 9.17) is 11.6 Å². The molecule has 0 saturated carbocycles. The molecule has 0 saturated heterocycles. The summed E-state index contributed by atoms with van der Waals surface area (Å²) in [4.78, 5) is 27.8. The molecule has 0 spiro atoms. The largest absolute Gasteiger partial charge is 0.416 e. The Labute approximate surface area is 243 Å². The Morgan fingerprint density at radius 1 is 0.976 bits per heavy atom. The molecule has 12 heteroatoms.